The largest absolute Gasteiger partial charge is 0.490 e. The Kier molecular flexibility index (Phi) is 7.67. The third-order valence-corrected chi connectivity index (χ3v) is 3.51. The van der Waals surface area contributed by atoms with Crippen molar-refractivity contribution in [2.75, 3.05) is 18.5 Å². The number of anilines is 1. The fourth-order valence-corrected chi connectivity index (χ4v) is 2.30. The van der Waals surface area contributed by atoms with Crippen LogP contribution in [0.5, 0.6) is 11.5 Å². The summed E-state index contributed by atoms with van der Waals surface area (Å²) in [6.07, 6.45) is -0.207. The number of nitrogens with one attached hydrogen (secondary N) is 2. The summed E-state index contributed by atoms with van der Waals surface area (Å²) in [6, 6.07) is 16.0. The van der Waals surface area contributed by atoms with Gasteiger partial charge in [-0.1, -0.05) is 30.3 Å². The summed E-state index contributed by atoms with van der Waals surface area (Å²) < 4.78 is 11.0. The van der Waals surface area contributed by atoms with E-state index < -0.39 is 0 Å². The summed E-state index contributed by atoms with van der Waals surface area (Å²) in [6.45, 7) is 2.40. The van der Waals surface area contributed by atoms with Gasteiger partial charge in [0.2, 0.25) is 5.91 Å². The summed E-state index contributed by atoms with van der Waals surface area (Å²) >= 11 is 0. The molecule has 7 heteroatoms. The van der Waals surface area contributed by atoms with Gasteiger partial charge in [-0.2, -0.15) is 5.26 Å². The molecule has 2 aromatic carbocycles. The van der Waals surface area contributed by atoms with Crippen molar-refractivity contribution in [2.24, 2.45) is 0 Å². The number of nitrogens with zero attached hydrogens (tertiary/aromatic N) is 1. The lowest BCUT2D eigenvalue weighted by molar-refractivity contribution is -0.120. The van der Waals surface area contributed by atoms with E-state index in [2.05, 4.69) is 10.6 Å². The Labute approximate surface area is 157 Å². The van der Waals surface area contributed by atoms with Gasteiger partial charge in [0, 0.05) is 12.2 Å². The Morgan fingerprint density at radius 1 is 1.00 bits per heavy atom. The molecule has 0 bridgehead atoms. The van der Waals surface area contributed by atoms with Gasteiger partial charge in [0.1, 0.15) is 6.42 Å². The lowest BCUT2D eigenvalue weighted by Crippen LogP contribution is -2.24. The van der Waals surface area contributed by atoms with Crippen LogP contribution in [0.3, 0.4) is 0 Å². The molecule has 0 fully saturated rings. The van der Waals surface area contributed by atoms with Crippen LogP contribution < -0.4 is 20.1 Å². The molecule has 0 atom stereocenters. The second-order valence-electron chi connectivity index (χ2n) is 5.49. The molecular formula is C20H21N3O4. The zero-order valence-corrected chi connectivity index (χ0v) is 15.0. The summed E-state index contributed by atoms with van der Waals surface area (Å²) in [7, 11) is 0. The molecule has 0 saturated heterocycles. The van der Waals surface area contributed by atoms with E-state index in [1.807, 2.05) is 13.0 Å². The van der Waals surface area contributed by atoms with Gasteiger partial charge in [0.25, 0.3) is 5.91 Å². The van der Waals surface area contributed by atoms with Crippen LogP contribution in [0.25, 0.3) is 0 Å². The number of carbonyl (C=O) groups excluding carboxylic acids is 2. The maximum atomic E-state index is 12.2. The number of benzene rings is 2. The van der Waals surface area contributed by atoms with Crippen LogP contribution in [-0.4, -0.2) is 25.0 Å². The standard InChI is InChI=1S/C20H21N3O4/c1-2-26-17-9-5-6-10-18(17)27-14-20(25)23-16-8-4-3-7-15(16)13-22-19(24)11-12-21/h3-10H,2,11,13-14H2,1H3,(H,22,24)(H,23,25). The number of para-hydroxylation sites is 3. The molecule has 0 saturated carbocycles. The average Bonchev–Trinajstić information content (AvgIpc) is 2.67. The van der Waals surface area contributed by atoms with E-state index in [-0.39, 0.29) is 31.4 Å². The average molecular weight is 367 g/mol. The van der Waals surface area contributed by atoms with Gasteiger partial charge < -0.3 is 20.1 Å². The first-order chi connectivity index (χ1) is 13.1. The predicted octanol–water partition coefficient (Wildman–Crippen LogP) is 2.63. The van der Waals surface area contributed by atoms with Gasteiger partial charge in [-0.15, -0.1) is 0 Å². The van der Waals surface area contributed by atoms with E-state index in [1.54, 1.807) is 48.5 Å². The van der Waals surface area contributed by atoms with Crippen LogP contribution in [0.15, 0.2) is 48.5 Å². The van der Waals surface area contributed by atoms with E-state index in [0.717, 1.165) is 5.56 Å². The maximum absolute atomic E-state index is 12.2. The summed E-state index contributed by atoms with van der Waals surface area (Å²) in [5.74, 6) is 0.367. The molecule has 2 aromatic rings. The maximum Gasteiger partial charge on any atom is 0.262 e. The smallest absolute Gasteiger partial charge is 0.262 e. The molecule has 0 radical (unpaired) electrons. The van der Waals surface area contributed by atoms with Crippen molar-refractivity contribution in [1.29, 1.82) is 5.26 Å². The molecule has 7 nitrogen and oxygen atoms in total. The van der Waals surface area contributed by atoms with Gasteiger partial charge >= 0.3 is 0 Å². The van der Waals surface area contributed by atoms with Crippen molar-refractivity contribution >= 4 is 17.5 Å². The molecule has 2 N–H and O–H groups in total. The minimum absolute atomic E-state index is 0.181. The monoisotopic (exact) mass is 367 g/mol. The molecule has 0 aliphatic carbocycles. The highest BCUT2D eigenvalue weighted by atomic mass is 16.5. The number of hydrogen-bond donors (Lipinski definition) is 2. The molecule has 0 aliphatic heterocycles. The molecule has 140 valence electrons. The van der Waals surface area contributed by atoms with Gasteiger partial charge in [-0.25, -0.2) is 0 Å². The van der Waals surface area contributed by atoms with Crippen LogP contribution >= 0.6 is 0 Å². The van der Waals surface area contributed by atoms with Gasteiger partial charge in [-0.05, 0) is 30.7 Å². The molecule has 0 heterocycles. The topological polar surface area (TPSA) is 100 Å². The highest BCUT2D eigenvalue weighted by molar-refractivity contribution is 5.92. The van der Waals surface area contributed by atoms with Crippen molar-refractivity contribution in [3.05, 3.63) is 54.1 Å². The lowest BCUT2D eigenvalue weighted by atomic mass is 10.1. The second kappa shape index (κ2) is 10.5. The SMILES string of the molecule is CCOc1ccccc1OCC(=O)Nc1ccccc1CNC(=O)CC#N. The van der Waals surface area contributed by atoms with Gasteiger partial charge in [0.15, 0.2) is 18.1 Å². The van der Waals surface area contributed by atoms with Crippen molar-refractivity contribution in [3.8, 4) is 17.6 Å². The van der Waals surface area contributed by atoms with Crippen LogP contribution in [0, 0.1) is 11.3 Å². The molecular weight excluding hydrogens is 346 g/mol. The highest BCUT2D eigenvalue weighted by Crippen LogP contribution is 2.26. The fraction of sp³-hybridized carbons (Fsp3) is 0.250. The third kappa shape index (κ3) is 6.36. The number of rotatable bonds is 9. The molecule has 27 heavy (non-hydrogen) atoms. The van der Waals surface area contributed by atoms with Crippen molar-refractivity contribution in [2.45, 2.75) is 19.9 Å². The number of carbonyl (C=O) groups is 2. The predicted molar refractivity (Wildman–Crippen MR) is 100 cm³/mol. The van der Waals surface area contributed by atoms with E-state index >= 15 is 0 Å². The number of ether oxygens (including phenoxy) is 2. The first kappa shape index (κ1) is 19.8. The van der Waals surface area contributed by atoms with Crippen LogP contribution in [0.2, 0.25) is 0 Å². The molecule has 0 aliphatic rings. The highest BCUT2D eigenvalue weighted by Gasteiger charge is 2.10. The van der Waals surface area contributed by atoms with Crippen LogP contribution in [-0.2, 0) is 16.1 Å². The second-order valence-corrected chi connectivity index (χ2v) is 5.49. The zero-order valence-electron chi connectivity index (χ0n) is 15.0. The molecule has 0 unspecified atom stereocenters. The Morgan fingerprint density at radius 2 is 1.67 bits per heavy atom. The minimum atomic E-state index is -0.366. The lowest BCUT2D eigenvalue weighted by Gasteiger charge is -2.13. The van der Waals surface area contributed by atoms with E-state index in [4.69, 9.17) is 14.7 Å². The minimum Gasteiger partial charge on any atom is -0.490 e. The zero-order chi connectivity index (χ0) is 19.5. The van der Waals surface area contributed by atoms with E-state index in [0.29, 0.717) is 23.8 Å². The first-order valence-corrected chi connectivity index (χ1v) is 8.50. The first-order valence-electron chi connectivity index (χ1n) is 8.50. The van der Waals surface area contributed by atoms with Gasteiger partial charge in [0.05, 0.1) is 12.7 Å². The fourth-order valence-electron chi connectivity index (χ4n) is 2.30. The number of hydrogen-bond acceptors (Lipinski definition) is 5. The van der Waals surface area contributed by atoms with Crippen LogP contribution in [0.1, 0.15) is 18.9 Å². The van der Waals surface area contributed by atoms with Crippen molar-refractivity contribution in [1.82, 2.24) is 5.32 Å². The Bertz CT molecular complexity index is 830. The third-order valence-electron chi connectivity index (χ3n) is 3.51. The molecule has 2 amide bonds. The van der Waals surface area contributed by atoms with Crippen molar-refractivity contribution in [3.63, 3.8) is 0 Å². The van der Waals surface area contributed by atoms with E-state index in [1.165, 1.54) is 0 Å². The summed E-state index contributed by atoms with van der Waals surface area (Å²) in [5.41, 5.74) is 1.30. The Hall–Kier alpha value is -3.53. The molecule has 2 rings (SSSR count). The molecule has 0 spiro atoms. The number of amides is 2. The summed E-state index contributed by atoms with van der Waals surface area (Å²) in [5, 5.41) is 13.9. The van der Waals surface area contributed by atoms with Gasteiger partial charge in [-0.3, -0.25) is 9.59 Å². The summed E-state index contributed by atoms with van der Waals surface area (Å²) in [4.78, 5) is 23.7. The van der Waals surface area contributed by atoms with Crippen LogP contribution in [0.4, 0.5) is 5.69 Å². The van der Waals surface area contributed by atoms with Crippen molar-refractivity contribution < 1.29 is 19.1 Å². The Morgan fingerprint density at radius 3 is 2.37 bits per heavy atom. The normalized spacial score (nSPS) is 9.78. The quantitative estimate of drug-likeness (QED) is 0.710. The van der Waals surface area contributed by atoms with E-state index in [9.17, 15) is 9.59 Å². The molecule has 0 aromatic heterocycles. The number of nitriles is 1. The Balaban J connectivity index is 1.94.